The smallest absolute Gasteiger partial charge is 0.248 e. The molecule has 1 amide bonds. The average Bonchev–Trinajstić information content (AvgIpc) is 2.78. The van der Waals surface area contributed by atoms with E-state index in [1.165, 1.54) is 5.56 Å². The monoisotopic (exact) mass is 431 g/mol. The summed E-state index contributed by atoms with van der Waals surface area (Å²) in [5, 5.41) is 0. The molecule has 2 N–H and O–H groups in total. The zero-order valence-corrected chi connectivity index (χ0v) is 19.6. The molecule has 4 heteroatoms. The van der Waals surface area contributed by atoms with E-state index in [-0.39, 0.29) is 6.10 Å². The van der Waals surface area contributed by atoms with Crippen LogP contribution >= 0.6 is 0 Å². The van der Waals surface area contributed by atoms with E-state index in [0.29, 0.717) is 17.4 Å². The molecule has 1 atom stereocenters. The summed E-state index contributed by atoms with van der Waals surface area (Å²) in [5.41, 5.74) is 10.3. The highest BCUT2D eigenvalue weighted by Crippen LogP contribution is 2.36. The maximum absolute atomic E-state index is 11.4. The van der Waals surface area contributed by atoms with Crippen molar-refractivity contribution in [3.8, 4) is 22.6 Å². The molecular weight excluding hydrogens is 398 g/mol. The molecule has 32 heavy (non-hydrogen) atoms. The highest BCUT2D eigenvalue weighted by atomic mass is 16.5. The van der Waals surface area contributed by atoms with Crippen molar-refractivity contribution in [1.29, 1.82) is 0 Å². The molecule has 0 aliphatic heterocycles. The van der Waals surface area contributed by atoms with Crippen LogP contribution in [0.15, 0.2) is 66.7 Å². The Balaban J connectivity index is 1.87. The lowest BCUT2D eigenvalue weighted by Gasteiger charge is -2.22. The number of nitrogens with two attached hydrogens (primary N) is 1. The van der Waals surface area contributed by atoms with Crippen molar-refractivity contribution in [3.05, 3.63) is 83.4 Å². The molecule has 0 aliphatic rings. The number of amides is 1. The normalized spacial score (nSPS) is 12.1. The second kappa shape index (κ2) is 10.4. The molecule has 3 rings (SSSR count). The molecular formula is C28H33NO3. The van der Waals surface area contributed by atoms with E-state index in [1.807, 2.05) is 30.3 Å². The second-order valence-corrected chi connectivity index (χ2v) is 8.86. The molecule has 0 spiro atoms. The van der Waals surface area contributed by atoms with Gasteiger partial charge in [0.2, 0.25) is 5.91 Å². The highest BCUT2D eigenvalue weighted by Gasteiger charge is 2.17. The van der Waals surface area contributed by atoms with Gasteiger partial charge in [-0.15, -0.1) is 0 Å². The van der Waals surface area contributed by atoms with Gasteiger partial charge in [-0.25, -0.2) is 0 Å². The zero-order valence-electron chi connectivity index (χ0n) is 19.6. The Morgan fingerprint density at radius 3 is 2.03 bits per heavy atom. The van der Waals surface area contributed by atoms with Gasteiger partial charge in [0, 0.05) is 17.2 Å². The molecule has 168 valence electrons. The SMILES string of the molecule is COc1cc(OC(CC(C)C)c2ccc(C(N)=O)cc2)ccc1-c1ccc(C(C)C)cc1. The molecule has 3 aromatic rings. The number of ether oxygens (including phenoxy) is 2. The Labute approximate surface area is 191 Å². The highest BCUT2D eigenvalue weighted by molar-refractivity contribution is 5.92. The van der Waals surface area contributed by atoms with Gasteiger partial charge in [0.15, 0.2) is 0 Å². The minimum Gasteiger partial charge on any atom is -0.496 e. The lowest BCUT2D eigenvalue weighted by atomic mass is 9.97. The van der Waals surface area contributed by atoms with Crippen LogP contribution in [0.4, 0.5) is 0 Å². The van der Waals surface area contributed by atoms with Crippen LogP contribution in [0.2, 0.25) is 0 Å². The largest absolute Gasteiger partial charge is 0.496 e. The van der Waals surface area contributed by atoms with Gasteiger partial charge >= 0.3 is 0 Å². The summed E-state index contributed by atoms with van der Waals surface area (Å²) in [6.07, 6.45) is 0.703. The number of methoxy groups -OCH3 is 1. The van der Waals surface area contributed by atoms with Gasteiger partial charge in [-0.3, -0.25) is 4.79 Å². The van der Waals surface area contributed by atoms with Gasteiger partial charge in [0.1, 0.15) is 17.6 Å². The standard InChI is InChI=1S/C28H33NO3/c1-18(2)16-26(22-10-12-23(13-11-22)28(29)30)32-24-14-15-25(27(17-24)31-5)21-8-6-20(7-9-21)19(3)4/h6-15,17-19,26H,16H2,1-5H3,(H2,29,30). The lowest BCUT2D eigenvalue weighted by molar-refractivity contribution is 0.1000. The lowest BCUT2D eigenvalue weighted by Crippen LogP contribution is -2.13. The van der Waals surface area contributed by atoms with Crippen LogP contribution in [0.25, 0.3) is 11.1 Å². The summed E-state index contributed by atoms with van der Waals surface area (Å²) in [6.45, 7) is 8.71. The Morgan fingerprint density at radius 2 is 1.50 bits per heavy atom. The molecule has 1 unspecified atom stereocenters. The Kier molecular flexibility index (Phi) is 7.57. The van der Waals surface area contributed by atoms with E-state index in [9.17, 15) is 4.79 Å². The first-order valence-electron chi connectivity index (χ1n) is 11.1. The van der Waals surface area contributed by atoms with Crippen molar-refractivity contribution in [1.82, 2.24) is 0 Å². The predicted molar refractivity (Wildman–Crippen MR) is 130 cm³/mol. The minimum absolute atomic E-state index is 0.141. The number of rotatable bonds is 9. The van der Waals surface area contributed by atoms with Gasteiger partial charge in [-0.1, -0.05) is 64.1 Å². The summed E-state index contributed by atoms with van der Waals surface area (Å²) >= 11 is 0. The minimum atomic E-state index is -0.431. The second-order valence-electron chi connectivity index (χ2n) is 8.86. The summed E-state index contributed by atoms with van der Waals surface area (Å²) in [4.78, 5) is 11.4. The van der Waals surface area contributed by atoms with Crippen molar-refractivity contribution >= 4 is 5.91 Å². The first-order valence-corrected chi connectivity index (χ1v) is 11.1. The summed E-state index contributed by atoms with van der Waals surface area (Å²) in [6, 6.07) is 21.9. The molecule has 4 nitrogen and oxygen atoms in total. The van der Waals surface area contributed by atoms with Crippen molar-refractivity contribution in [2.24, 2.45) is 11.7 Å². The van der Waals surface area contributed by atoms with Crippen molar-refractivity contribution in [3.63, 3.8) is 0 Å². The molecule has 0 aliphatic carbocycles. The molecule has 0 aromatic heterocycles. The molecule has 0 saturated carbocycles. The quantitative estimate of drug-likeness (QED) is 0.407. The summed E-state index contributed by atoms with van der Waals surface area (Å²) < 4.78 is 12.1. The first-order chi connectivity index (χ1) is 15.3. The zero-order chi connectivity index (χ0) is 23.3. The van der Waals surface area contributed by atoms with Gasteiger partial charge in [-0.05, 0) is 59.2 Å². The van der Waals surface area contributed by atoms with Crippen LogP contribution in [0.3, 0.4) is 0 Å². The Bertz CT molecular complexity index is 1040. The Morgan fingerprint density at radius 1 is 0.875 bits per heavy atom. The number of primary amides is 1. The van der Waals surface area contributed by atoms with Crippen LogP contribution in [0, 0.1) is 5.92 Å². The first kappa shape index (κ1) is 23.4. The maximum Gasteiger partial charge on any atom is 0.248 e. The average molecular weight is 432 g/mol. The van der Waals surface area contributed by atoms with E-state index >= 15 is 0 Å². The van der Waals surface area contributed by atoms with E-state index < -0.39 is 5.91 Å². The van der Waals surface area contributed by atoms with Crippen molar-refractivity contribution in [2.45, 2.75) is 46.1 Å². The van der Waals surface area contributed by atoms with Crippen LogP contribution in [0.5, 0.6) is 11.5 Å². The molecule has 3 aromatic carbocycles. The fourth-order valence-corrected chi connectivity index (χ4v) is 3.74. The van der Waals surface area contributed by atoms with Crippen molar-refractivity contribution < 1.29 is 14.3 Å². The summed E-state index contributed by atoms with van der Waals surface area (Å²) in [7, 11) is 1.68. The van der Waals surface area contributed by atoms with Gasteiger partial charge in [0.05, 0.1) is 7.11 Å². The van der Waals surface area contributed by atoms with E-state index in [1.54, 1.807) is 19.2 Å². The summed E-state index contributed by atoms with van der Waals surface area (Å²) in [5.74, 6) is 2.02. The molecule has 0 bridgehead atoms. The molecule has 0 radical (unpaired) electrons. The van der Waals surface area contributed by atoms with Crippen LogP contribution < -0.4 is 15.2 Å². The van der Waals surface area contributed by atoms with E-state index in [4.69, 9.17) is 15.2 Å². The predicted octanol–water partition coefficient (Wildman–Crippen LogP) is 6.75. The fourth-order valence-electron chi connectivity index (χ4n) is 3.74. The topological polar surface area (TPSA) is 61.6 Å². The number of carbonyl (C=O) groups excluding carboxylic acids is 1. The molecule has 0 saturated heterocycles. The molecule has 0 fully saturated rings. The van der Waals surface area contributed by atoms with Gasteiger partial charge in [0.25, 0.3) is 0 Å². The fraction of sp³-hybridized carbons (Fsp3) is 0.321. The van der Waals surface area contributed by atoms with Crippen LogP contribution in [0.1, 0.15) is 67.6 Å². The van der Waals surface area contributed by atoms with E-state index in [0.717, 1.165) is 34.6 Å². The van der Waals surface area contributed by atoms with Crippen LogP contribution in [-0.2, 0) is 0 Å². The van der Waals surface area contributed by atoms with Crippen LogP contribution in [-0.4, -0.2) is 13.0 Å². The van der Waals surface area contributed by atoms with E-state index in [2.05, 4.69) is 52.0 Å². The third-order valence-electron chi connectivity index (χ3n) is 5.59. The molecule has 0 heterocycles. The number of carbonyl (C=O) groups is 1. The Hall–Kier alpha value is -3.27. The van der Waals surface area contributed by atoms with Crippen molar-refractivity contribution in [2.75, 3.05) is 7.11 Å². The number of hydrogen-bond acceptors (Lipinski definition) is 3. The maximum atomic E-state index is 11.4. The number of hydrogen-bond donors (Lipinski definition) is 1. The third-order valence-corrected chi connectivity index (χ3v) is 5.59. The number of benzene rings is 3. The van der Waals surface area contributed by atoms with Gasteiger partial charge < -0.3 is 15.2 Å². The third kappa shape index (κ3) is 5.70. The van der Waals surface area contributed by atoms with Gasteiger partial charge in [-0.2, -0.15) is 0 Å².